The average molecular weight is 233 g/mol. The molecule has 4 heteroatoms. The molecule has 1 amide bonds. The first-order chi connectivity index (χ1) is 7.99. The second-order valence-electron chi connectivity index (χ2n) is 3.81. The van der Waals surface area contributed by atoms with Gasteiger partial charge in [-0.1, -0.05) is 29.8 Å². The van der Waals surface area contributed by atoms with Gasteiger partial charge in [-0.05, 0) is 19.4 Å². The molecule has 1 rings (SSSR count). The Morgan fingerprint density at radius 1 is 1.24 bits per heavy atom. The molecule has 0 radical (unpaired) electrons. The van der Waals surface area contributed by atoms with E-state index in [-0.39, 0.29) is 6.04 Å². The number of amides is 1. The summed E-state index contributed by atoms with van der Waals surface area (Å²) in [5, 5.41) is 11.1. The zero-order chi connectivity index (χ0) is 12.8. The summed E-state index contributed by atoms with van der Waals surface area (Å²) < 4.78 is 0. The van der Waals surface area contributed by atoms with Gasteiger partial charge in [0.1, 0.15) is 0 Å². The van der Waals surface area contributed by atoms with Crippen LogP contribution in [0.2, 0.25) is 0 Å². The molecule has 1 aromatic carbocycles. The van der Waals surface area contributed by atoms with E-state index in [1.807, 2.05) is 38.1 Å². The van der Waals surface area contributed by atoms with Crippen LogP contribution in [-0.2, 0) is 9.59 Å². The maximum Gasteiger partial charge on any atom is 0.328 e. The van der Waals surface area contributed by atoms with E-state index in [2.05, 4.69) is 5.32 Å². The summed E-state index contributed by atoms with van der Waals surface area (Å²) in [5.74, 6) is -1.55. The number of aryl methyl sites for hydroxylation is 1. The molecule has 0 spiro atoms. The van der Waals surface area contributed by atoms with Crippen LogP contribution >= 0.6 is 0 Å². The molecule has 2 N–H and O–H groups in total. The first-order valence-corrected chi connectivity index (χ1v) is 5.27. The van der Waals surface area contributed by atoms with Crippen molar-refractivity contribution in [2.45, 2.75) is 19.9 Å². The van der Waals surface area contributed by atoms with Crippen molar-refractivity contribution >= 4 is 11.9 Å². The van der Waals surface area contributed by atoms with Crippen LogP contribution in [-0.4, -0.2) is 17.0 Å². The molecule has 0 unspecified atom stereocenters. The van der Waals surface area contributed by atoms with Crippen LogP contribution in [0.5, 0.6) is 0 Å². The summed E-state index contributed by atoms with van der Waals surface area (Å²) in [6, 6.07) is 7.64. The Hall–Kier alpha value is -2.10. The second-order valence-corrected chi connectivity index (χ2v) is 3.81. The molecule has 0 heterocycles. The minimum atomic E-state index is -1.14. The molecular formula is C13H15NO3. The minimum absolute atomic E-state index is 0.151. The number of hydrogen-bond acceptors (Lipinski definition) is 2. The van der Waals surface area contributed by atoms with Crippen molar-refractivity contribution in [2.24, 2.45) is 0 Å². The molecule has 90 valence electrons. The summed E-state index contributed by atoms with van der Waals surface area (Å²) in [7, 11) is 0. The molecule has 0 aliphatic carbocycles. The Bertz CT molecular complexity index is 434. The monoisotopic (exact) mass is 233 g/mol. The van der Waals surface area contributed by atoms with Crippen molar-refractivity contribution in [3.8, 4) is 0 Å². The molecule has 0 aromatic heterocycles. The summed E-state index contributed by atoms with van der Waals surface area (Å²) in [5.41, 5.74) is 2.13. The molecule has 0 saturated carbocycles. The van der Waals surface area contributed by atoms with Gasteiger partial charge in [-0.3, -0.25) is 4.79 Å². The molecule has 17 heavy (non-hydrogen) atoms. The standard InChI is InChI=1S/C13H15NO3/c1-9-3-5-11(6-4-9)10(2)14-12(15)7-8-13(16)17/h3-8,10H,1-2H3,(H,14,15)(H,16,17)/b8-7+/t10-/m0/s1. The number of carboxylic acids is 1. The number of nitrogens with one attached hydrogen (secondary N) is 1. The van der Waals surface area contributed by atoms with Crippen molar-refractivity contribution in [3.05, 3.63) is 47.5 Å². The number of carboxylic acid groups (broad SMARTS) is 1. The smallest absolute Gasteiger partial charge is 0.328 e. The minimum Gasteiger partial charge on any atom is -0.478 e. The number of carbonyl (C=O) groups is 2. The number of carbonyl (C=O) groups excluding carboxylic acids is 1. The maximum absolute atomic E-state index is 11.3. The third-order valence-corrected chi connectivity index (χ3v) is 2.31. The summed E-state index contributed by atoms with van der Waals surface area (Å²) in [6.45, 7) is 3.83. The van der Waals surface area contributed by atoms with E-state index in [1.54, 1.807) is 0 Å². The van der Waals surface area contributed by atoms with Gasteiger partial charge < -0.3 is 10.4 Å². The Kier molecular flexibility index (Phi) is 4.46. The highest BCUT2D eigenvalue weighted by molar-refractivity contribution is 5.94. The SMILES string of the molecule is Cc1ccc([C@H](C)NC(=O)/C=C/C(=O)O)cc1. The maximum atomic E-state index is 11.3. The summed E-state index contributed by atoms with van der Waals surface area (Å²) in [6.07, 6.45) is 1.82. The van der Waals surface area contributed by atoms with Gasteiger partial charge in [0.25, 0.3) is 0 Å². The van der Waals surface area contributed by atoms with Gasteiger partial charge in [-0.15, -0.1) is 0 Å². The van der Waals surface area contributed by atoms with E-state index in [9.17, 15) is 9.59 Å². The third-order valence-electron chi connectivity index (χ3n) is 2.31. The largest absolute Gasteiger partial charge is 0.478 e. The van der Waals surface area contributed by atoms with Gasteiger partial charge >= 0.3 is 5.97 Å². The van der Waals surface area contributed by atoms with E-state index in [0.717, 1.165) is 23.3 Å². The molecule has 4 nitrogen and oxygen atoms in total. The van der Waals surface area contributed by atoms with Gasteiger partial charge in [0, 0.05) is 12.2 Å². The Balaban J connectivity index is 2.60. The Morgan fingerprint density at radius 3 is 2.35 bits per heavy atom. The lowest BCUT2D eigenvalue weighted by Crippen LogP contribution is -2.24. The van der Waals surface area contributed by atoms with Crippen LogP contribution in [0.4, 0.5) is 0 Å². The van der Waals surface area contributed by atoms with E-state index in [1.165, 1.54) is 0 Å². The molecule has 0 saturated heterocycles. The van der Waals surface area contributed by atoms with Crippen molar-refractivity contribution in [2.75, 3.05) is 0 Å². The molecule has 0 aliphatic heterocycles. The lowest BCUT2D eigenvalue weighted by atomic mass is 10.1. The van der Waals surface area contributed by atoms with Gasteiger partial charge in [0.05, 0.1) is 6.04 Å². The summed E-state index contributed by atoms with van der Waals surface area (Å²) in [4.78, 5) is 21.6. The molecule has 1 atom stereocenters. The predicted molar refractivity (Wildman–Crippen MR) is 64.5 cm³/mol. The zero-order valence-corrected chi connectivity index (χ0v) is 9.81. The Morgan fingerprint density at radius 2 is 1.82 bits per heavy atom. The third kappa shape index (κ3) is 4.51. The number of aliphatic carboxylic acids is 1. The van der Waals surface area contributed by atoms with Crippen molar-refractivity contribution in [1.29, 1.82) is 0 Å². The van der Waals surface area contributed by atoms with E-state index < -0.39 is 11.9 Å². The van der Waals surface area contributed by atoms with Gasteiger partial charge in [-0.25, -0.2) is 4.79 Å². The first-order valence-electron chi connectivity index (χ1n) is 5.27. The highest BCUT2D eigenvalue weighted by atomic mass is 16.4. The molecule has 0 bridgehead atoms. The topological polar surface area (TPSA) is 66.4 Å². The van der Waals surface area contributed by atoms with Crippen LogP contribution in [0.3, 0.4) is 0 Å². The van der Waals surface area contributed by atoms with E-state index >= 15 is 0 Å². The highest BCUT2D eigenvalue weighted by Gasteiger charge is 2.07. The van der Waals surface area contributed by atoms with Gasteiger partial charge in [0.2, 0.25) is 5.91 Å². The highest BCUT2D eigenvalue weighted by Crippen LogP contribution is 2.12. The summed E-state index contributed by atoms with van der Waals surface area (Å²) >= 11 is 0. The Labute approximate surface area is 100.0 Å². The first kappa shape index (κ1) is 13.0. The van der Waals surface area contributed by atoms with Crippen LogP contribution in [0.25, 0.3) is 0 Å². The fourth-order valence-corrected chi connectivity index (χ4v) is 1.35. The van der Waals surface area contributed by atoms with Crippen LogP contribution in [0.1, 0.15) is 24.1 Å². The molecule has 1 aromatic rings. The van der Waals surface area contributed by atoms with Crippen LogP contribution < -0.4 is 5.32 Å². The predicted octanol–water partition coefficient (Wildman–Crippen LogP) is 1.81. The fourth-order valence-electron chi connectivity index (χ4n) is 1.35. The average Bonchev–Trinajstić information content (AvgIpc) is 2.27. The molecule has 0 aliphatic rings. The van der Waals surface area contributed by atoms with Gasteiger partial charge in [-0.2, -0.15) is 0 Å². The zero-order valence-electron chi connectivity index (χ0n) is 9.81. The fraction of sp³-hybridized carbons (Fsp3) is 0.231. The van der Waals surface area contributed by atoms with E-state index in [4.69, 9.17) is 5.11 Å². The molecular weight excluding hydrogens is 218 g/mol. The van der Waals surface area contributed by atoms with Crippen LogP contribution in [0, 0.1) is 6.92 Å². The quantitative estimate of drug-likeness (QED) is 0.779. The van der Waals surface area contributed by atoms with E-state index in [0.29, 0.717) is 0 Å². The lowest BCUT2D eigenvalue weighted by molar-refractivity contribution is -0.131. The number of rotatable bonds is 4. The van der Waals surface area contributed by atoms with Crippen molar-refractivity contribution in [3.63, 3.8) is 0 Å². The van der Waals surface area contributed by atoms with Gasteiger partial charge in [0.15, 0.2) is 0 Å². The molecule has 0 fully saturated rings. The number of benzene rings is 1. The second kappa shape index (κ2) is 5.84. The normalized spacial score (nSPS) is 12.4. The van der Waals surface area contributed by atoms with Crippen LogP contribution in [0.15, 0.2) is 36.4 Å². The number of hydrogen-bond donors (Lipinski definition) is 2. The van der Waals surface area contributed by atoms with Crippen molar-refractivity contribution < 1.29 is 14.7 Å². The lowest BCUT2D eigenvalue weighted by Gasteiger charge is -2.12. The van der Waals surface area contributed by atoms with Crippen molar-refractivity contribution in [1.82, 2.24) is 5.32 Å².